The number of rotatable bonds is 1. The largest absolute Gasteiger partial charge is 0.380 e. The Morgan fingerprint density at radius 3 is 2.85 bits per heavy atom. The zero-order chi connectivity index (χ0) is 9.47. The van der Waals surface area contributed by atoms with Crippen LogP contribution in [0.25, 0.3) is 0 Å². The van der Waals surface area contributed by atoms with Crippen molar-refractivity contribution in [1.82, 2.24) is 9.97 Å². The van der Waals surface area contributed by atoms with Crippen LogP contribution in [0.5, 0.6) is 0 Å². The van der Waals surface area contributed by atoms with Gasteiger partial charge in [0, 0.05) is 6.20 Å². The van der Waals surface area contributed by atoms with Gasteiger partial charge in [0.2, 0.25) is 5.28 Å². The van der Waals surface area contributed by atoms with E-state index in [0.717, 1.165) is 0 Å². The van der Waals surface area contributed by atoms with Gasteiger partial charge in [-0.15, -0.1) is 0 Å². The molecule has 2 heterocycles. The van der Waals surface area contributed by atoms with Crippen molar-refractivity contribution >= 4 is 11.6 Å². The molecule has 0 spiro atoms. The van der Waals surface area contributed by atoms with E-state index in [1.807, 2.05) is 0 Å². The van der Waals surface area contributed by atoms with Gasteiger partial charge in [-0.25, -0.2) is 4.98 Å². The second kappa shape index (κ2) is 2.80. The molecule has 0 bridgehead atoms. The van der Waals surface area contributed by atoms with E-state index in [1.165, 1.54) is 6.20 Å². The predicted molar refractivity (Wildman–Crippen MR) is 44.6 cm³/mol. The van der Waals surface area contributed by atoms with E-state index in [0.29, 0.717) is 0 Å². The molecule has 0 atom stereocenters. The molecule has 0 unspecified atom stereocenters. The monoisotopic (exact) mass is 202 g/mol. The number of nitrogens with zero attached hydrogens (tertiary/aromatic N) is 1. The molecule has 0 aliphatic carbocycles. The van der Waals surface area contributed by atoms with E-state index in [-0.39, 0.29) is 24.1 Å². The van der Waals surface area contributed by atoms with Gasteiger partial charge in [-0.1, -0.05) is 0 Å². The summed E-state index contributed by atoms with van der Waals surface area (Å²) < 4.78 is 4.81. The van der Waals surface area contributed by atoms with Gasteiger partial charge in [-0.05, 0) is 11.6 Å². The number of hydrogen-bond donors (Lipinski definition) is 2. The lowest BCUT2D eigenvalue weighted by molar-refractivity contribution is -0.185. The van der Waals surface area contributed by atoms with Crippen molar-refractivity contribution < 1.29 is 9.84 Å². The van der Waals surface area contributed by atoms with Crippen LogP contribution in [-0.4, -0.2) is 28.3 Å². The lowest BCUT2D eigenvalue weighted by Crippen LogP contribution is -2.49. The number of H-pyrrole nitrogens is 1. The Morgan fingerprint density at radius 2 is 2.38 bits per heavy atom. The molecule has 6 heteroatoms. The molecule has 13 heavy (non-hydrogen) atoms. The number of aromatic nitrogens is 2. The lowest BCUT2D eigenvalue weighted by atomic mass is 9.95. The van der Waals surface area contributed by atoms with Crippen LogP contribution in [0.3, 0.4) is 0 Å². The summed E-state index contributed by atoms with van der Waals surface area (Å²) >= 11 is 5.45. The average molecular weight is 203 g/mol. The first-order valence-corrected chi connectivity index (χ1v) is 4.05. The van der Waals surface area contributed by atoms with Crippen LogP contribution in [0.2, 0.25) is 5.28 Å². The summed E-state index contributed by atoms with van der Waals surface area (Å²) in [6.45, 7) is 0.249. The summed E-state index contributed by atoms with van der Waals surface area (Å²) in [4.78, 5) is 17.3. The molecule has 0 saturated carbocycles. The normalized spacial score (nSPS) is 19.5. The van der Waals surface area contributed by atoms with Gasteiger partial charge in [0.25, 0.3) is 5.56 Å². The molecular formula is C7H7ClN2O3. The molecule has 2 N–H and O–H groups in total. The Balaban J connectivity index is 2.46. The van der Waals surface area contributed by atoms with Crippen LogP contribution < -0.4 is 5.56 Å². The molecule has 2 rings (SSSR count). The van der Waals surface area contributed by atoms with E-state index in [9.17, 15) is 9.90 Å². The highest BCUT2D eigenvalue weighted by atomic mass is 35.5. The Labute approximate surface area is 78.3 Å². The maximum absolute atomic E-state index is 11.3. The first kappa shape index (κ1) is 8.68. The molecule has 5 nitrogen and oxygen atoms in total. The first-order valence-electron chi connectivity index (χ1n) is 3.67. The molecule has 1 aromatic heterocycles. The average Bonchev–Trinajstić information content (AvgIpc) is 2.00. The fourth-order valence-corrected chi connectivity index (χ4v) is 1.29. The van der Waals surface area contributed by atoms with Crippen LogP contribution in [0, 0.1) is 0 Å². The van der Waals surface area contributed by atoms with Gasteiger partial charge < -0.3 is 9.84 Å². The van der Waals surface area contributed by atoms with E-state index < -0.39 is 11.2 Å². The number of nitrogens with one attached hydrogen (secondary N) is 1. The Hall–Kier alpha value is -0.910. The molecule has 1 aliphatic rings. The van der Waals surface area contributed by atoms with Crippen molar-refractivity contribution in [2.45, 2.75) is 5.60 Å². The minimum Gasteiger partial charge on any atom is -0.380 e. The van der Waals surface area contributed by atoms with Crippen molar-refractivity contribution in [3.63, 3.8) is 0 Å². The van der Waals surface area contributed by atoms with Crippen molar-refractivity contribution in [1.29, 1.82) is 0 Å². The number of aliphatic hydroxyl groups is 1. The molecule has 1 saturated heterocycles. The summed E-state index contributed by atoms with van der Waals surface area (Å²) in [5.74, 6) is 0. The zero-order valence-corrected chi connectivity index (χ0v) is 7.34. The molecule has 0 radical (unpaired) electrons. The molecule has 1 fully saturated rings. The van der Waals surface area contributed by atoms with Crippen LogP contribution in [0.15, 0.2) is 11.0 Å². The molecule has 70 valence electrons. The summed E-state index contributed by atoms with van der Waals surface area (Å²) in [5, 5.41) is 9.74. The lowest BCUT2D eigenvalue weighted by Gasteiger charge is -2.35. The molecule has 0 amide bonds. The van der Waals surface area contributed by atoms with Crippen molar-refractivity contribution in [3.05, 3.63) is 27.4 Å². The summed E-state index contributed by atoms with van der Waals surface area (Å²) in [7, 11) is 0. The molecule has 1 aromatic rings. The highest BCUT2D eigenvalue weighted by Crippen LogP contribution is 2.25. The molecule has 1 aliphatic heterocycles. The number of aromatic amines is 1. The highest BCUT2D eigenvalue weighted by molar-refractivity contribution is 6.28. The third-order valence-electron chi connectivity index (χ3n) is 1.95. The van der Waals surface area contributed by atoms with Crippen molar-refractivity contribution in [3.8, 4) is 0 Å². The molecule has 0 aromatic carbocycles. The van der Waals surface area contributed by atoms with Crippen molar-refractivity contribution in [2.24, 2.45) is 0 Å². The summed E-state index contributed by atoms with van der Waals surface area (Å²) in [6.07, 6.45) is 1.27. The highest BCUT2D eigenvalue weighted by Gasteiger charge is 2.40. The fourth-order valence-electron chi connectivity index (χ4n) is 1.16. The number of hydrogen-bond acceptors (Lipinski definition) is 4. The Kier molecular flexibility index (Phi) is 1.87. The van der Waals surface area contributed by atoms with E-state index in [1.54, 1.807) is 0 Å². The van der Waals surface area contributed by atoms with E-state index >= 15 is 0 Å². The number of halogens is 1. The molecular weight excluding hydrogens is 196 g/mol. The third kappa shape index (κ3) is 1.35. The minimum absolute atomic E-state index is 0.0117. The Bertz CT molecular complexity index is 386. The predicted octanol–water partition coefficient (Wildman–Crippen LogP) is -0.359. The van der Waals surface area contributed by atoms with E-state index in [2.05, 4.69) is 9.97 Å². The second-order valence-corrected chi connectivity index (χ2v) is 3.30. The third-order valence-corrected chi connectivity index (χ3v) is 2.14. The summed E-state index contributed by atoms with van der Waals surface area (Å²) in [6, 6.07) is 0. The fraction of sp³-hybridized carbons (Fsp3) is 0.429. The topological polar surface area (TPSA) is 75.2 Å². The van der Waals surface area contributed by atoms with Crippen molar-refractivity contribution in [2.75, 3.05) is 13.2 Å². The van der Waals surface area contributed by atoms with Crippen LogP contribution >= 0.6 is 11.6 Å². The maximum atomic E-state index is 11.3. The SMILES string of the molecule is O=c1[nH]c(Cl)ncc1C1(O)COC1. The van der Waals surface area contributed by atoms with Gasteiger partial charge in [-0.3, -0.25) is 9.78 Å². The zero-order valence-electron chi connectivity index (χ0n) is 6.58. The van der Waals surface area contributed by atoms with Crippen LogP contribution in [0.1, 0.15) is 5.56 Å². The van der Waals surface area contributed by atoms with Crippen LogP contribution in [0.4, 0.5) is 0 Å². The van der Waals surface area contributed by atoms with Gasteiger partial charge in [0.15, 0.2) is 0 Å². The summed E-state index contributed by atoms with van der Waals surface area (Å²) in [5.41, 5.74) is -1.42. The second-order valence-electron chi connectivity index (χ2n) is 2.94. The standard InChI is InChI=1S/C7H7ClN2O3/c8-6-9-1-4(5(11)10-6)7(12)2-13-3-7/h1,12H,2-3H2,(H,9,10,11). The van der Waals surface area contributed by atoms with Gasteiger partial charge in [0.1, 0.15) is 5.60 Å². The van der Waals surface area contributed by atoms with Crippen LogP contribution in [-0.2, 0) is 10.3 Å². The smallest absolute Gasteiger partial charge is 0.258 e. The van der Waals surface area contributed by atoms with Gasteiger partial charge >= 0.3 is 0 Å². The van der Waals surface area contributed by atoms with Gasteiger partial charge in [0.05, 0.1) is 18.8 Å². The minimum atomic E-state index is -1.19. The quantitative estimate of drug-likeness (QED) is 0.610. The maximum Gasteiger partial charge on any atom is 0.258 e. The van der Waals surface area contributed by atoms with E-state index in [4.69, 9.17) is 16.3 Å². The van der Waals surface area contributed by atoms with Gasteiger partial charge in [-0.2, -0.15) is 0 Å². The number of ether oxygens (including phenoxy) is 1. The first-order chi connectivity index (χ1) is 6.12. The Morgan fingerprint density at radius 1 is 1.69 bits per heavy atom.